The Morgan fingerprint density at radius 1 is 1.38 bits per heavy atom. The number of isocyanates is 1. The third-order valence-electron chi connectivity index (χ3n) is 3.17. The van der Waals surface area contributed by atoms with Crippen molar-refractivity contribution in [3.05, 3.63) is 0 Å². The van der Waals surface area contributed by atoms with Gasteiger partial charge in [-0.05, 0) is 43.4 Å². The molecular formula is C11H19NO. The van der Waals surface area contributed by atoms with Crippen LogP contribution in [-0.2, 0) is 4.79 Å². The fourth-order valence-electron chi connectivity index (χ4n) is 2.04. The topological polar surface area (TPSA) is 29.4 Å². The summed E-state index contributed by atoms with van der Waals surface area (Å²) in [5.41, 5.74) is 0.546. The second-order valence-corrected chi connectivity index (χ2v) is 4.87. The van der Waals surface area contributed by atoms with Gasteiger partial charge in [0.1, 0.15) is 0 Å². The van der Waals surface area contributed by atoms with E-state index in [4.69, 9.17) is 0 Å². The Kier molecular flexibility index (Phi) is 3.68. The normalized spacial score (nSPS) is 22.3. The molecule has 0 aromatic rings. The van der Waals surface area contributed by atoms with Crippen LogP contribution in [0.4, 0.5) is 0 Å². The molecule has 1 saturated carbocycles. The zero-order valence-electron chi connectivity index (χ0n) is 8.68. The lowest BCUT2D eigenvalue weighted by Crippen LogP contribution is -2.21. The van der Waals surface area contributed by atoms with Gasteiger partial charge in [0, 0.05) is 0 Å². The van der Waals surface area contributed by atoms with Gasteiger partial charge in [0.25, 0.3) is 0 Å². The Bertz CT molecular complexity index is 194. The van der Waals surface area contributed by atoms with Gasteiger partial charge in [-0.15, -0.1) is 0 Å². The Morgan fingerprint density at radius 3 is 2.54 bits per heavy atom. The summed E-state index contributed by atoms with van der Waals surface area (Å²) in [5, 5.41) is 0. The lowest BCUT2D eigenvalue weighted by atomic mass is 9.72. The van der Waals surface area contributed by atoms with Crippen LogP contribution < -0.4 is 0 Å². The first-order chi connectivity index (χ1) is 6.14. The van der Waals surface area contributed by atoms with Crippen molar-refractivity contribution in [3.63, 3.8) is 0 Å². The van der Waals surface area contributed by atoms with E-state index < -0.39 is 0 Å². The molecule has 0 N–H and O–H groups in total. The molecule has 13 heavy (non-hydrogen) atoms. The van der Waals surface area contributed by atoms with Gasteiger partial charge in [-0.2, -0.15) is 0 Å². The van der Waals surface area contributed by atoms with Gasteiger partial charge in [-0.1, -0.05) is 13.8 Å². The minimum absolute atomic E-state index is 0.546. The van der Waals surface area contributed by atoms with Crippen LogP contribution in [0.2, 0.25) is 0 Å². The maximum absolute atomic E-state index is 9.86. The van der Waals surface area contributed by atoms with Crippen molar-refractivity contribution in [1.29, 1.82) is 0 Å². The molecule has 0 radical (unpaired) electrons. The minimum Gasteiger partial charge on any atom is -0.211 e. The third kappa shape index (κ3) is 3.73. The molecule has 0 aliphatic heterocycles. The molecule has 1 aliphatic rings. The Balaban J connectivity index is 2.21. The Morgan fingerprint density at radius 2 is 2.00 bits per heavy atom. The molecular weight excluding hydrogens is 162 g/mol. The van der Waals surface area contributed by atoms with E-state index in [0.29, 0.717) is 12.0 Å². The number of hydrogen-bond acceptors (Lipinski definition) is 2. The highest BCUT2D eigenvalue weighted by atomic mass is 16.1. The van der Waals surface area contributed by atoms with Gasteiger partial charge in [0.05, 0.1) is 6.54 Å². The van der Waals surface area contributed by atoms with E-state index in [9.17, 15) is 4.79 Å². The maximum Gasteiger partial charge on any atom is 0.234 e. The molecule has 0 amide bonds. The van der Waals surface area contributed by atoms with Crippen molar-refractivity contribution in [3.8, 4) is 0 Å². The zero-order chi connectivity index (χ0) is 9.73. The van der Waals surface area contributed by atoms with Crippen LogP contribution in [0.3, 0.4) is 0 Å². The molecule has 1 fully saturated rings. The molecule has 2 nitrogen and oxygen atoms in total. The lowest BCUT2D eigenvalue weighted by molar-refractivity contribution is 0.187. The molecule has 74 valence electrons. The molecule has 0 aromatic carbocycles. The van der Waals surface area contributed by atoms with Crippen molar-refractivity contribution in [2.24, 2.45) is 16.3 Å². The average molecular weight is 181 g/mol. The van der Waals surface area contributed by atoms with Crippen molar-refractivity contribution in [1.82, 2.24) is 0 Å². The first kappa shape index (κ1) is 10.5. The molecule has 1 aliphatic carbocycles. The van der Waals surface area contributed by atoms with E-state index in [1.807, 2.05) is 0 Å². The summed E-state index contributed by atoms with van der Waals surface area (Å²) in [7, 11) is 0. The van der Waals surface area contributed by atoms with E-state index in [1.54, 1.807) is 6.08 Å². The van der Waals surface area contributed by atoms with E-state index in [-0.39, 0.29) is 0 Å². The Hall–Kier alpha value is -0.620. The minimum atomic E-state index is 0.546. The first-order valence-electron chi connectivity index (χ1n) is 5.18. The summed E-state index contributed by atoms with van der Waals surface area (Å²) in [4.78, 5) is 13.5. The molecule has 0 heterocycles. The summed E-state index contributed by atoms with van der Waals surface area (Å²) in [6.07, 6.45) is 7.93. The fraction of sp³-hybridized carbons (Fsp3) is 0.909. The number of carbonyl (C=O) groups excluding carboxylic acids is 1. The van der Waals surface area contributed by atoms with Crippen LogP contribution in [0.25, 0.3) is 0 Å². The molecule has 0 atom stereocenters. The Labute approximate surface area is 80.4 Å². The number of hydrogen-bond donors (Lipinski definition) is 0. The van der Waals surface area contributed by atoms with Crippen LogP contribution in [0.15, 0.2) is 4.99 Å². The summed E-state index contributed by atoms with van der Waals surface area (Å²) in [6, 6.07) is 0. The van der Waals surface area contributed by atoms with E-state index in [1.165, 1.54) is 25.7 Å². The van der Waals surface area contributed by atoms with Gasteiger partial charge in [0.2, 0.25) is 6.08 Å². The molecule has 0 saturated heterocycles. The predicted molar refractivity (Wildman–Crippen MR) is 53.3 cm³/mol. The van der Waals surface area contributed by atoms with Gasteiger partial charge >= 0.3 is 0 Å². The number of aliphatic imine (C=N–C) groups is 1. The van der Waals surface area contributed by atoms with Gasteiger partial charge < -0.3 is 0 Å². The lowest BCUT2D eigenvalue weighted by Gasteiger charge is -2.34. The quantitative estimate of drug-likeness (QED) is 0.486. The van der Waals surface area contributed by atoms with E-state index in [2.05, 4.69) is 18.8 Å². The standard InChI is InChI=1S/C11H19NO/c1-11(2)6-3-10(4-7-11)5-8-12-9-13/h10H,3-8H2,1-2H3. The van der Waals surface area contributed by atoms with Crippen LogP contribution in [0, 0.1) is 11.3 Å². The van der Waals surface area contributed by atoms with Crippen LogP contribution >= 0.6 is 0 Å². The predicted octanol–water partition coefficient (Wildman–Crippen LogP) is 2.93. The maximum atomic E-state index is 9.86. The second kappa shape index (κ2) is 4.57. The van der Waals surface area contributed by atoms with Gasteiger partial charge in [-0.25, -0.2) is 9.79 Å². The highest BCUT2D eigenvalue weighted by molar-refractivity contribution is 5.32. The summed E-state index contributed by atoms with van der Waals surface area (Å²) < 4.78 is 0. The third-order valence-corrected chi connectivity index (χ3v) is 3.17. The summed E-state index contributed by atoms with van der Waals surface area (Å²) >= 11 is 0. The van der Waals surface area contributed by atoms with Crippen LogP contribution in [0.1, 0.15) is 46.0 Å². The molecule has 0 spiro atoms. The van der Waals surface area contributed by atoms with Crippen LogP contribution in [-0.4, -0.2) is 12.6 Å². The zero-order valence-corrected chi connectivity index (χ0v) is 8.68. The summed E-state index contributed by atoms with van der Waals surface area (Å²) in [6.45, 7) is 5.36. The molecule has 0 aromatic heterocycles. The van der Waals surface area contributed by atoms with E-state index >= 15 is 0 Å². The highest BCUT2D eigenvalue weighted by Crippen LogP contribution is 2.38. The monoisotopic (exact) mass is 181 g/mol. The van der Waals surface area contributed by atoms with Gasteiger partial charge in [0.15, 0.2) is 0 Å². The van der Waals surface area contributed by atoms with Crippen molar-refractivity contribution < 1.29 is 4.79 Å². The first-order valence-corrected chi connectivity index (χ1v) is 5.18. The second-order valence-electron chi connectivity index (χ2n) is 4.87. The highest BCUT2D eigenvalue weighted by Gasteiger charge is 2.26. The average Bonchev–Trinajstić information content (AvgIpc) is 2.08. The van der Waals surface area contributed by atoms with Crippen molar-refractivity contribution in [2.45, 2.75) is 46.0 Å². The molecule has 2 heteroatoms. The smallest absolute Gasteiger partial charge is 0.211 e. The fourth-order valence-corrected chi connectivity index (χ4v) is 2.04. The summed E-state index contributed by atoms with van der Waals surface area (Å²) in [5.74, 6) is 0.796. The van der Waals surface area contributed by atoms with Crippen molar-refractivity contribution >= 4 is 6.08 Å². The molecule has 1 rings (SSSR count). The molecule has 0 unspecified atom stereocenters. The van der Waals surface area contributed by atoms with Gasteiger partial charge in [-0.3, -0.25) is 0 Å². The largest absolute Gasteiger partial charge is 0.234 e. The van der Waals surface area contributed by atoms with Crippen molar-refractivity contribution in [2.75, 3.05) is 6.54 Å². The van der Waals surface area contributed by atoms with E-state index in [0.717, 1.165) is 12.3 Å². The SMILES string of the molecule is CC1(C)CCC(CCN=C=O)CC1. The number of rotatable bonds is 3. The molecule has 0 bridgehead atoms. The van der Waals surface area contributed by atoms with Crippen LogP contribution in [0.5, 0.6) is 0 Å². The number of nitrogens with zero attached hydrogens (tertiary/aromatic N) is 1.